The number of ether oxygens (including phenoxy) is 1. The lowest BCUT2D eigenvalue weighted by Crippen LogP contribution is -2.26. The normalized spacial score (nSPS) is 10.1. The van der Waals surface area contributed by atoms with E-state index in [4.69, 9.17) is 4.74 Å². The molecule has 4 nitrogen and oxygen atoms in total. The van der Waals surface area contributed by atoms with Crippen LogP contribution in [0, 0.1) is 5.95 Å². The van der Waals surface area contributed by atoms with Gasteiger partial charge in [0.15, 0.2) is 0 Å². The van der Waals surface area contributed by atoms with Crippen LogP contribution in [0.4, 0.5) is 10.1 Å². The minimum atomic E-state index is -0.611. The molecule has 19 heavy (non-hydrogen) atoms. The van der Waals surface area contributed by atoms with Crippen LogP contribution >= 0.6 is 0 Å². The largest absolute Gasteiger partial charge is 0.497 e. The lowest BCUT2D eigenvalue weighted by atomic mass is 10.2. The molecule has 1 amide bonds. The Bertz CT molecular complexity index is 584. The van der Waals surface area contributed by atoms with Gasteiger partial charge in [-0.2, -0.15) is 4.39 Å². The van der Waals surface area contributed by atoms with Gasteiger partial charge in [-0.25, -0.2) is 4.98 Å². The van der Waals surface area contributed by atoms with Crippen molar-refractivity contribution < 1.29 is 13.9 Å². The topological polar surface area (TPSA) is 42.4 Å². The fourth-order valence-electron chi connectivity index (χ4n) is 1.63. The first-order valence-electron chi connectivity index (χ1n) is 5.65. The molecule has 0 aliphatic heterocycles. The molecule has 0 unspecified atom stereocenters. The van der Waals surface area contributed by atoms with Crippen molar-refractivity contribution in [1.82, 2.24) is 4.98 Å². The molecule has 0 aliphatic carbocycles. The fraction of sp³-hybridized carbons (Fsp3) is 0.143. The van der Waals surface area contributed by atoms with Crippen LogP contribution in [0.5, 0.6) is 5.75 Å². The van der Waals surface area contributed by atoms with Crippen molar-refractivity contribution in [3.05, 3.63) is 54.1 Å². The van der Waals surface area contributed by atoms with E-state index in [0.29, 0.717) is 17.0 Å². The average Bonchev–Trinajstić information content (AvgIpc) is 2.46. The van der Waals surface area contributed by atoms with E-state index in [2.05, 4.69) is 4.98 Å². The monoisotopic (exact) mass is 260 g/mol. The quantitative estimate of drug-likeness (QED) is 0.796. The Morgan fingerprint density at radius 3 is 2.74 bits per heavy atom. The highest BCUT2D eigenvalue weighted by Crippen LogP contribution is 2.21. The molecule has 0 radical (unpaired) electrons. The van der Waals surface area contributed by atoms with E-state index < -0.39 is 5.95 Å². The third-order valence-corrected chi connectivity index (χ3v) is 2.72. The van der Waals surface area contributed by atoms with Crippen LogP contribution in [0.15, 0.2) is 42.6 Å². The van der Waals surface area contributed by atoms with Crippen molar-refractivity contribution >= 4 is 11.6 Å². The number of hydrogen-bond donors (Lipinski definition) is 0. The SMILES string of the molecule is COc1cccc(N(C)C(=O)c2ccc(F)nc2)c1. The van der Waals surface area contributed by atoms with Crippen molar-refractivity contribution in [3.8, 4) is 5.75 Å². The molecule has 1 aromatic carbocycles. The van der Waals surface area contributed by atoms with Crippen LogP contribution in [-0.4, -0.2) is 25.0 Å². The van der Waals surface area contributed by atoms with E-state index in [1.807, 2.05) is 0 Å². The maximum absolute atomic E-state index is 12.7. The van der Waals surface area contributed by atoms with Crippen molar-refractivity contribution in [2.75, 3.05) is 19.1 Å². The van der Waals surface area contributed by atoms with E-state index in [-0.39, 0.29) is 5.91 Å². The molecule has 0 saturated carbocycles. The maximum Gasteiger partial charge on any atom is 0.259 e. The molecule has 0 fully saturated rings. The number of rotatable bonds is 3. The molecular formula is C14H13FN2O2. The smallest absolute Gasteiger partial charge is 0.259 e. The second-order valence-corrected chi connectivity index (χ2v) is 3.94. The number of nitrogens with zero attached hydrogens (tertiary/aromatic N) is 2. The molecule has 2 rings (SSSR count). The molecule has 0 saturated heterocycles. The molecule has 0 atom stereocenters. The Morgan fingerprint density at radius 1 is 1.32 bits per heavy atom. The molecular weight excluding hydrogens is 247 g/mol. The number of carbonyl (C=O) groups is 1. The Hall–Kier alpha value is -2.43. The number of benzene rings is 1. The van der Waals surface area contributed by atoms with E-state index >= 15 is 0 Å². The summed E-state index contributed by atoms with van der Waals surface area (Å²) in [6, 6.07) is 9.68. The highest BCUT2D eigenvalue weighted by atomic mass is 19.1. The van der Waals surface area contributed by atoms with Crippen LogP contribution in [0.1, 0.15) is 10.4 Å². The Morgan fingerprint density at radius 2 is 2.11 bits per heavy atom. The summed E-state index contributed by atoms with van der Waals surface area (Å²) in [6.07, 6.45) is 1.22. The number of carbonyl (C=O) groups excluding carboxylic acids is 1. The standard InChI is InChI=1S/C14H13FN2O2/c1-17(11-4-3-5-12(8-11)19-2)14(18)10-6-7-13(15)16-9-10/h3-9H,1-2H3. The molecule has 5 heteroatoms. The molecule has 1 heterocycles. The second kappa shape index (κ2) is 5.48. The lowest BCUT2D eigenvalue weighted by Gasteiger charge is -2.17. The molecule has 0 bridgehead atoms. The van der Waals surface area contributed by atoms with E-state index in [1.165, 1.54) is 17.2 Å². The van der Waals surface area contributed by atoms with Gasteiger partial charge >= 0.3 is 0 Å². The number of halogens is 1. The van der Waals surface area contributed by atoms with Crippen LogP contribution in [0.3, 0.4) is 0 Å². The summed E-state index contributed by atoms with van der Waals surface area (Å²) >= 11 is 0. The van der Waals surface area contributed by atoms with Gasteiger partial charge in [0, 0.05) is 25.0 Å². The molecule has 0 N–H and O–H groups in total. The van der Waals surface area contributed by atoms with Crippen LogP contribution < -0.4 is 9.64 Å². The van der Waals surface area contributed by atoms with Crippen LogP contribution in [0.2, 0.25) is 0 Å². The summed E-state index contributed by atoms with van der Waals surface area (Å²) in [5, 5.41) is 0. The van der Waals surface area contributed by atoms with Gasteiger partial charge < -0.3 is 9.64 Å². The molecule has 2 aromatic rings. The van der Waals surface area contributed by atoms with Crippen molar-refractivity contribution in [2.24, 2.45) is 0 Å². The average molecular weight is 260 g/mol. The zero-order valence-corrected chi connectivity index (χ0v) is 10.6. The number of anilines is 1. The van der Waals surface area contributed by atoms with Crippen molar-refractivity contribution in [3.63, 3.8) is 0 Å². The van der Waals surface area contributed by atoms with Gasteiger partial charge in [0.1, 0.15) is 5.75 Å². The second-order valence-electron chi connectivity index (χ2n) is 3.94. The minimum Gasteiger partial charge on any atom is -0.497 e. The maximum atomic E-state index is 12.7. The van der Waals surface area contributed by atoms with Crippen molar-refractivity contribution in [2.45, 2.75) is 0 Å². The van der Waals surface area contributed by atoms with E-state index in [9.17, 15) is 9.18 Å². The van der Waals surface area contributed by atoms with Crippen molar-refractivity contribution in [1.29, 1.82) is 0 Å². The zero-order chi connectivity index (χ0) is 13.8. The third-order valence-electron chi connectivity index (χ3n) is 2.72. The highest BCUT2D eigenvalue weighted by molar-refractivity contribution is 6.05. The summed E-state index contributed by atoms with van der Waals surface area (Å²) < 4.78 is 17.8. The van der Waals surface area contributed by atoms with Gasteiger partial charge in [0.2, 0.25) is 5.95 Å². The summed E-state index contributed by atoms with van der Waals surface area (Å²) in [6.45, 7) is 0. The Labute approximate surface area is 110 Å². The summed E-state index contributed by atoms with van der Waals surface area (Å²) in [4.78, 5) is 17.1. The Kier molecular flexibility index (Phi) is 3.75. The molecule has 1 aromatic heterocycles. The fourth-order valence-corrected chi connectivity index (χ4v) is 1.63. The van der Waals surface area contributed by atoms with Gasteiger partial charge in [0.05, 0.1) is 12.7 Å². The van der Waals surface area contributed by atoms with Gasteiger partial charge in [-0.3, -0.25) is 4.79 Å². The van der Waals surface area contributed by atoms with E-state index in [0.717, 1.165) is 6.07 Å². The third kappa shape index (κ3) is 2.88. The Balaban J connectivity index is 2.25. The first-order chi connectivity index (χ1) is 9.11. The molecule has 0 aliphatic rings. The van der Waals surface area contributed by atoms with E-state index in [1.54, 1.807) is 38.4 Å². The number of hydrogen-bond acceptors (Lipinski definition) is 3. The highest BCUT2D eigenvalue weighted by Gasteiger charge is 2.14. The van der Waals surface area contributed by atoms with Gasteiger partial charge in [-0.05, 0) is 24.3 Å². The number of amides is 1. The number of aromatic nitrogens is 1. The predicted octanol–water partition coefficient (Wildman–Crippen LogP) is 2.51. The lowest BCUT2D eigenvalue weighted by molar-refractivity contribution is 0.0992. The first-order valence-corrected chi connectivity index (χ1v) is 5.65. The number of methoxy groups -OCH3 is 1. The predicted molar refractivity (Wildman–Crippen MR) is 69.9 cm³/mol. The molecule has 0 spiro atoms. The van der Waals surface area contributed by atoms with Crippen LogP contribution in [0.25, 0.3) is 0 Å². The minimum absolute atomic E-state index is 0.263. The number of pyridine rings is 1. The summed E-state index contributed by atoms with van der Waals surface area (Å²) in [7, 11) is 3.20. The van der Waals surface area contributed by atoms with Gasteiger partial charge in [-0.1, -0.05) is 6.07 Å². The van der Waals surface area contributed by atoms with Crippen LogP contribution in [-0.2, 0) is 0 Å². The zero-order valence-electron chi connectivity index (χ0n) is 10.6. The summed E-state index contributed by atoms with van der Waals surface area (Å²) in [5.41, 5.74) is 1.01. The van der Waals surface area contributed by atoms with Gasteiger partial charge in [-0.15, -0.1) is 0 Å². The summed E-state index contributed by atoms with van der Waals surface area (Å²) in [5.74, 6) is -0.212. The van der Waals surface area contributed by atoms with Gasteiger partial charge in [0.25, 0.3) is 5.91 Å². The first kappa shape index (κ1) is 13.0. The molecule has 98 valence electrons.